The van der Waals surface area contributed by atoms with E-state index in [9.17, 15) is 40.0 Å². The number of aliphatic carboxylic acids is 2. The molecule has 4 aromatic heterocycles. The molecule has 0 aliphatic heterocycles. The van der Waals surface area contributed by atoms with Gasteiger partial charge in [0.2, 0.25) is 11.0 Å². The van der Waals surface area contributed by atoms with Crippen LogP contribution in [0.15, 0.2) is 23.4 Å². The molecule has 2 unspecified atom stereocenters. The number of hydrogen-bond donors (Lipinski definition) is 4. The molecule has 0 bridgehead atoms. The van der Waals surface area contributed by atoms with Crippen LogP contribution in [0.3, 0.4) is 0 Å². The molecule has 0 saturated carbocycles. The van der Waals surface area contributed by atoms with Crippen molar-refractivity contribution in [2.75, 3.05) is 24.7 Å². The van der Waals surface area contributed by atoms with Gasteiger partial charge in [0.05, 0.1) is 32.8 Å². The molecular weight excluding hydrogens is 849 g/mol. The van der Waals surface area contributed by atoms with Gasteiger partial charge in [-0.05, 0) is 13.8 Å². The number of aliphatic hydroxyl groups is 2. The zero-order chi connectivity index (χ0) is 39.1. The topological polar surface area (TPSA) is 337 Å². The van der Waals surface area contributed by atoms with Crippen LogP contribution >= 0.6 is 22.7 Å². The number of carbonyl (C=O) groups excluding carboxylic acids is 2. The fourth-order valence-electron chi connectivity index (χ4n) is 4.01. The minimum Gasteiger partial charge on any atom is -1.00 e. The summed E-state index contributed by atoms with van der Waals surface area (Å²) in [7, 11) is 0. The largest absolute Gasteiger partial charge is 1.00 e. The van der Waals surface area contributed by atoms with Crippen molar-refractivity contribution < 1.29 is 143 Å². The van der Waals surface area contributed by atoms with Gasteiger partial charge in [0.15, 0.2) is 24.5 Å². The normalized spacial score (nSPS) is 10.8. The average molecular weight is 886 g/mol. The van der Waals surface area contributed by atoms with Gasteiger partial charge in [-0.2, -0.15) is 9.13 Å². The number of carboxylic acid groups (broad SMARTS) is 2. The Hall–Kier alpha value is -3.14. The summed E-state index contributed by atoms with van der Waals surface area (Å²) in [6.07, 6.45) is -0.432. The minimum absolute atomic E-state index is 0. The Kier molecular flexibility index (Phi) is 28.9. The Morgan fingerprint density at radius 1 is 0.750 bits per heavy atom. The maximum Gasteiger partial charge on any atom is 1.00 e. The van der Waals surface area contributed by atoms with Gasteiger partial charge in [0.1, 0.15) is 48.7 Å². The molecule has 4 rings (SSSR count). The predicted molar refractivity (Wildman–Crippen MR) is 174 cm³/mol. The van der Waals surface area contributed by atoms with Crippen LogP contribution in [0.4, 0.5) is 11.6 Å². The summed E-state index contributed by atoms with van der Waals surface area (Å²) >= 11 is 3.07. The van der Waals surface area contributed by atoms with E-state index in [1.807, 2.05) is 34.0 Å². The van der Waals surface area contributed by atoms with Gasteiger partial charge in [0.25, 0.3) is 10.2 Å². The molecule has 2 atom stereocenters. The number of carbonyl (C=O) groups is 2. The van der Waals surface area contributed by atoms with E-state index in [0.29, 0.717) is 49.2 Å². The number of nitrogens with two attached hydrogens (primary N) is 2. The van der Waals surface area contributed by atoms with Crippen molar-refractivity contribution in [2.45, 2.75) is 65.8 Å². The molecule has 56 heavy (non-hydrogen) atoms. The van der Waals surface area contributed by atoms with E-state index in [4.69, 9.17) is 21.7 Å². The minimum atomic E-state index is -2.44. The number of aliphatic hydroxyl groups excluding tert-OH is 2. The number of thiazole rings is 2. The predicted octanol–water partition coefficient (Wildman–Crippen LogP) is -15.1. The summed E-state index contributed by atoms with van der Waals surface area (Å²) < 4.78 is 4.05. The maximum absolute atomic E-state index is 10.1. The Morgan fingerprint density at radius 2 is 1.07 bits per heavy atom. The fraction of sp³-hybridized carbons (Fsp3) is 0.429. The number of aryl methyl sites for hydroxylation is 2. The summed E-state index contributed by atoms with van der Waals surface area (Å²) in [6.45, 7) is 8.77. The number of carboxylic acids is 2. The van der Waals surface area contributed by atoms with Crippen molar-refractivity contribution in [1.29, 1.82) is 0 Å². The van der Waals surface area contributed by atoms with E-state index in [-0.39, 0.29) is 97.1 Å². The molecule has 298 valence electrons. The summed E-state index contributed by atoms with van der Waals surface area (Å²) in [5, 5.41) is 54.5. The first-order valence-electron chi connectivity index (χ1n) is 14.8. The molecule has 0 aliphatic carbocycles. The van der Waals surface area contributed by atoms with Gasteiger partial charge in [0, 0.05) is 39.1 Å². The quantitative estimate of drug-likeness (QED) is 0.0373. The second kappa shape index (κ2) is 28.3. The van der Waals surface area contributed by atoms with Crippen molar-refractivity contribution >= 4 is 46.2 Å². The molecule has 0 amide bonds. The van der Waals surface area contributed by atoms with Crippen LogP contribution in [0.2, 0.25) is 0 Å². The third-order valence-electron chi connectivity index (χ3n) is 6.87. The van der Waals surface area contributed by atoms with Crippen LogP contribution < -0.4 is 115 Å². The maximum atomic E-state index is 10.1. The van der Waals surface area contributed by atoms with Gasteiger partial charge in [-0.15, -0.1) is 20.2 Å². The Balaban J connectivity index is -0.000000770. The number of nitrogen functional groups attached to an aromatic ring is 2. The first kappa shape index (κ1) is 57.2. The molecule has 6 N–H and O–H groups in total. The van der Waals surface area contributed by atoms with E-state index in [1.165, 1.54) is 22.7 Å². The summed E-state index contributed by atoms with van der Waals surface area (Å²) in [4.78, 5) is 66.9. The Labute approximate surface area is 383 Å². The molecule has 0 saturated heterocycles. The van der Waals surface area contributed by atoms with Gasteiger partial charge in [-0.3, -0.25) is 0 Å². The third kappa shape index (κ3) is 19.3. The fourth-order valence-corrected chi connectivity index (χ4v) is 5.97. The van der Waals surface area contributed by atoms with E-state index < -0.39 is 34.3 Å². The zero-order valence-corrected chi connectivity index (χ0v) is 38.1. The number of anilines is 2. The number of hydrogen-bond acceptors (Lipinski definition) is 20. The summed E-state index contributed by atoms with van der Waals surface area (Å²) in [5.74, 6) is -1.90. The van der Waals surface area contributed by atoms with Crippen LogP contribution in [0, 0.1) is 47.9 Å². The molecule has 28 heteroatoms. The number of aromatic nitrogens is 6. The molecule has 0 radical (unpaired) electrons. The number of halogens is 2. The van der Waals surface area contributed by atoms with E-state index in [0.717, 1.165) is 32.3 Å². The van der Waals surface area contributed by atoms with E-state index in [2.05, 4.69) is 29.6 Å². The molecule has 0 aromatic carbocycles. The van der Waals surface area contributed by atoms with Crippen molar-refractivity contribution in [3.8, 4) is 0 Å². The summed E-state index contributed by atoms with van der Waals surface area (Å²) in [6, 6.07) is 0. The van der Waals surface area contributed by atoms with Gasteiger partial charge in [-0.25, -0.2) is 19.9 Å². The van der Waals surface area contributed by atoms with Gasteiger partial charge in [-0.1, -0.05) is 22.7 Å². The molecule has 0 spiro atoms. The Morgan fingerprint density at radius 3 is 1.34 bits per heavy atom. The summed E-state index contributed by atoms with van der Waals surface area (Å²) in [5.41, 5.74) is 19.4. The van der Waals surface area contributed by atoms with Gasteiger partial charge < -0.3 is 76.0 Å². The molecule has 4 aromatic rings. The second-order valence-corrected chi connectivity index (χ2v) is 12.4. The zero-order valence-electron chi connectivity index (χ0n) is 31.0. The standard InChI is InChI=1S/2C12H16N5O3S.C4H6O6.2ClH.2Na/c2*1-8-11(3-4-20-17(18)19)21-7-16(8)6-10-5-14-9(2)15-12(10)13;5-1(3(7)8)2(6)4(9)10;;;;/h2*5,7H,3-4,6H2,1-2H3,(H2,13,14,15);1-2,5-6H,(H,7,8)(H,9,10);2*1H;;/q2*+1;;;;2*+1/p-4. The monoisotopic (exact) mass is 884 g/mol. The van der Waals surface area contributed by atoms with Crippen LogP contribution in [0.5, 0.6) is 0 Å². The van der Waals surface area contributed by atoms with E-state index >= 15 is 0 Å². The average Bonchev–Trinajstić information content (AvgIpc) is 3.59. The smallest absolute Gasteiger partial charge is 1.00 e. The molecule has 0 fully saturated rings. The van der Waals surface area contributed by atoms with Crippen LogP contribution in [0.1, 0.15) is 43.9 Å². The van der Waals surface area contributed by atoms with Crippen LogP contribution in [-0.2, 0) is 45.2 Å². The Bertz CT molecular complexity index is 1750. The first-order valence-corrected chi connectivity index (χ1v) is 16.6. The van der Waals surface area contributed by atoms with Crippen molar-refractivity contribution in [3.63, 3.8) is 0 Å². The van der Waals surface area contributed by atoms with Crippen LogP contribution in [0.25, 0.3) is 0 Å². The molecule has 0 aliphatic rings. The van der Waals surface area contributed by atoms with Gasteiger partial charge >= 0.3 is 59.1 Å². The first-order chi connectivity index (χ1) is 24.4. The third-order valence-corrected chi connectivity index (χ3v) is 9.15. The second-order valence-electron chi connectivity index (χ2n) is 10.5. The number of nitrogens with zero attached hydrogens (tertiary/aromatic N) is 8. The molecule has 22 nitrogen and oxygen atoms in total. The molecular formula is C28H36Cl2N10Na2O12S2. The van der Waals surface area contributed by atoms with E-state index in [1.54, 1.807) is 26.2 Å². The van der Waals surface area contributed by atoms with Crippen molar-refractivity contribution in [3.05, 3.63) is 87.6 Å². The van der Waals surface area contributed by atoms with Crippen molar-refractivity contribution in [1.82, 2.24) is 19.9 Å². The SMILES string of the molecule is Cc1ncc(C[n+]2csc(CCO[N+](=O)[O-])c2C)c(N)n1.Cc1ncc(C[n+]2csc(CCO[N+](=O)[O-])c2C)c(N)n1.O=C([O-])C(O)C(O)C(=O)[O-].[Cl-].[Cl-].[Na+].[Na+]. The van der Waals surface area contributed by atoms with Crippen molar-refractivity contribution in [2.24, 2.45) is 0 Å². The van der Waals surface area contributed by atoms with Crippen LogP contribution in [-0.4, -0.2) is 77.7 Å². The number of rotatable bonds is 15. The molecule has 4 heterocycles.